The maximum absolute atomic E-state index is 12.4. The smallest absolute Gasteiger partial charge is 0.292 e. The summed E-state index contributed by atoms with van der Waals surface area (Å²) in [6.07, 6.45) is 5.34. The Morgan fingerprint density at radius 2 is 2.36 bits per heavy atom. The third kappa shape index (κ3) is 3.11. The molecule has 7 nitrogen and oxygen atoms in total. The highest BCUT2D eigenvalue weighted by Crippen LogP contribution is 2.42. The van der Waals surface area contributed by atoms with Crippen molar-refractivity contribution < 1.29 is 18.8 Å². The van der Waals surface area contributed by atoms with Crippen LogP contribution in [0.15, 0.2) is 35.1 Å². The van der Waals surface area contributed by atoms with Crippen molar-refractivity contribution in [2.45, 2.75) is 25.4 Å². The molecule has 2 aromatic rings. The molecule has 0 unspecified atom stereocenters. The third-order valence-electron chi connectivity index (χ3n) is 5.01. The first-order chi connectivity index (χ1) is 12.2. The van der Waals surface area contributed by atoms with Gasteiger partial charge < -0.3 is 18.9 Å². The van der Waals surface area contributed by atoms with Crippen LogP contribution in [0.1, 0.15) is 29.1 Å². The van der Waals surface area contributed by atoms with Crippen molar-refractivity contribution in [2.24, 2.45) is 5.92 Å². The predicted octanol–water partition coefficient (Wildman–Crippen LogP) is 2.08. The molecule has 0 saturated carbocycles. The van der Waals surface area contributed by atoms with E-state index in [9.17, 15) is 4.79 Å². The number of pyridine rings is 1. The van der Waals surface area contributed by atoms with Crippen molar-refractivity contribution in [1.82, 2.24) is 15.0 Å². The maximum atomic E-state index is 12.4. The number of ether oxygens (including phenoxy) is 2. The van der Waals surface area contributed by atoms with E-state index in [4.69, 9.17) is 14.0 Å². The average molecular weight is 343 g/mol. The number of hydrogen-bond donors (Lipinski definition) is 0. The lowest BCUT2D eigenvalue weighted by Crippen LogP contribution is -2.66. The summed E-state index contributed by atoms with van der Waals surface area (Å²) in [6.45, 7) is 4.36. The van der Waals surface area contributed by atoms with Gasteiger partial charge >= 0.3 is 0 Å². The summed E-state index contributed by atoms with van der Waals surface area (Å²) in [7, 11) is 0. The van der Waals surface area contributed by atoms with E-state index >= 15 is 0 Å². The van der Waals surface area contributed by atoms with E-state index < -0.39 is 0 Å². The Hall–Kier alpha value is -2.41. The highest BCUT2D eigenvalue weighted by atomic mass is 16.5. The van der Waals surface area contributed by atoms with Crippen molar-refractivity contribution >= 4 is 5.91 Å². The number of aryl methyl sites for hydroxylation is 1. The van der Waals surface area contributed by atoms with Crippen LogP contribution in [-0.4, -0.2) is 52.9 Å². The van der Waals surface area contributed by atoms with Crippen LogP contribution in [0.3, 0.4) is 0 Å². The highest BCUT2D eigenvalue weighted by molar-refractivity contribution is 5.92. The molecule has 2 aromatic heterocycles. The fraction of sp³-hybridized carbons (Fsp3) is 0.500. The predicted molar refractivity (Wildman–Crippen MR) is 88.3 cm³/mol. The summed E-state index contributed by atoms with van der Waals surface area (Å²) in [5.41, 5.74) is 0.476. The maximum Gasteiger partial charge on any atom is 0.292 e. The molecule has 2 aliphatic rings. The molecule has 132 valence electrons. The van der Waals surface area contributed by atoms with E-state index in [1.54, 1.807) is 30.3 Å². The standard InChI is InChI=1S/C18H21N3O4/c1-13-9-16(25-20-13)17(22)21-11-18(12-21)14(5-8-24-18)4-7-23-15-3-2-6-19-10-15/h2-3,6,9-10,14H,4-5,7-8,11-12H2,1H3/t14-/m0/s1. The van der Waals surface area contributed by atoms with Gasteiger partial charge in [0.25, 0.3) is 5.91 Å². The third-order valence-corrected chi connectivity index (χ3v) is 5.01. The van der Waals surface area contributed by atoms with Crippen LogP contribution in [0.5, 0.6) is 5.75 Å². The zero-order valence-electron chi connectivity index (χ0n) is 14.2. The summed E-state index contributed by atoms with van der Waals surface area (Å²) in [5.74, 6) is 1.35. The molecule has 0 bridgehead atoms. The van der Waals surface area contributed by atoms with Gasteiger partial charge in [-0.3, -0.25) is 9.78 Å². The first-order valence-electron chi connectivity index (χ1n) is 8.56. The molecule has 1 atom stereocenters. The number of carbonyl (C=O) groups excluding carboxylic acids is 1. The zero-order valence-corrected chi connectivity index (χ0v) is 14.2. The van der Waals surface area contributed by atoms with E-state index in [-0.39, 0.29) is 11.5 Å². The molecular formula is C18H21N3O4. The highest BCUT2D eigenvalue weighted by Gasteiger charge is 2.54. The number of carbonyl (C=O) groups is 1. The molecule has 0 aliphatic carbocycles. The van der Waals surface area contributed by atoms with Gasteiger partial charge in [0, 0.05) is 18.9 Å². The molecule has 2 fully saturated rings. The summed E-state index contributed by atoms with van der Waals surface area (Å²) >= 11 is 0. The molecule has 25 heavy (non-hydrogen) atoms. The van der Waals surface area contributed by atoms with Gasteiger partial charge in [0.1, 0.15) is 11.4 Å². The van der Waals surface area contributed by atoms with Crippen LogP contribution in [-0.2, 0) is 4.74 Å². The minimum Gasteiger partial charge on any atom is -0.492 e. The molecule has 1 amide bonds. The van der Waals surface area contributed by atoms with Crippen molar-refractivity contribution in [1.29, 1.82) is 0 Å². The van der Waals surface area contributed by atoms with Crippen molar-refractivity contribution in [2.75, 3.05) is 26.3 Å². The lowest BCUT2D eigenvalue weighted by Gasteiger charge is -2.49. The molecule has 4 heterocycles. The average Bonchev–Trinajstić information content (AvgIpc) is 3.20. The number of rotatable bonds is 5. The van der Waals surface area contributed by atoms with Gasteiger partial charge in [-0.1, -0.05) is 5.16 Å². The Bertz CT molecular complexity index is 740. The van der Waals surface area contributed by atoms with Crippen molar-refractivity contribution in [3.05, 3.63) is 42.0 Å². The van der Waals surface area contributed by atoms with E-state index in [2.05, 4.69) is 10.1 Å². The summed E-state index contributed by atoms with van der Waals surface area (Å²) in [5, 5.41) is 3.78. The van der Waals surface area contributed by atoms with E-state index in [0.717, 1.165) is 25.2 Å². The van der Waals surface area contributed by atoms with Crippen molar-refractivity contribution in [3.63, 3.8) is 0 Å². The number of aromatic nitrogens is 2. The number of nitrogens with zero attached hydrogens (tertiary/aromatic N) is 3. The zero-order chi connectivity index (χ0) is 17.3. The Morgan fingerprint density at radius 3 is 3.08 bits per heavy atom. The normalized spacial score (nSPS) is 21.3. The molecule has 0 radical (unpaired) electrons. The topological polar surface area (TPSA) is 77.7 Å². The monoisotopic (exact) mass is 343 g/mol. The Balaban J connectivity index is 1.31. The van der Waals surface area contributed by atoms with Crippen molar-refractivity contribution in [3.8, 4) is 5.75 Å². The summed E-state index contributed by atoms with van der Waals surface area (Å²) in [6, 6.07) is 5.43. The van der Waals surface area contributed by atoms with Gasteiger partial charge in [-0.15, -0.1) is 0 Å². The van der Waals surface area contributed by atoms with Crippen LogP contribution in [0, 0.1) is 12.8 Å². The molecule has 1 spiro atoms. The minimum atomic E-state index is -0.233. The van der Waals surface area contributed by atoms with Gasteiger partial charge in [-0.05, 0) is 37.8 Å². The fourth-order valence-electron chi connectivity index (χ4n) is 3.66. The Morgan fingerprint density at radius 1 is 1.48 bits per heavy atom. The fourth-order valence-corrected chi connectivity index (χ4v) is 3.66. The molecule has 4 rings (SSSR count). The van der Waals surface area contributed by atoms with Gasteiger partial charge in [-0.25, -0.2) is 0 Å². The minimum absolute atomic E-state index is 0.118. The van der Waals surface area contributed by atoms with Crippen LogP contribution in [0.2, 0.25) is 0 Å². The van der Waals surface area contributed by atoms with Crippen LogP contribution >= 0.6 is 0 Å². The number of hydrogen-bond acceptors (Lipinski definition) is 6. The number of amides is 1. The lowest BCUT2D eigenvalue weighted by atomic mass is 9.79. The van der Waals surface area contributed by atoms with Crippen LogP contribution in [0.4, 0.5) is 0 Å². The van der Waals surface area contributed by atoms with E-state index in [1.807, 2.05) is 12.1 Å². The molecule has 2 saturated heterocycles. The quantitative estimate of drug-likeness (QED) is 0.827. The molecule has 0 aromatic carbocycles. The van der Waals surface area contributed by atoms with Gasteiger partial charge in [0.15, 0.2) is 0 Å². The SMILES string of the molecule is Cc1cc(C(=O)N2CC3(C2)OCC[C@@H]3CCOc2cccnc2)on1. The van der Waals surface area contributed by atoms with Crippen LogP contribution < -0.4 is 4.74 Å². The first-order valence-corrected chi connectivity index (χ1v) is 8.56. The molecular weight excluding hydrogens is 322 g/mol. The number of likely N-dealkylation sites (tertiary alicyclic amines) is 1. The molecule has 7 heteroatoms. The second kappa shape index (κ2) is 6.48. The second-order valence-electron chi connectivity index (χ2n) is 6.72. The Labute approximate surface area is 145 Å². The van der Waals surface area contributed by atoms with Crippen LogP contribution in [0.25, 0.3) is 0 Å². The molecule has 2 aliphatic heterocycles. The summed E-state index contributed by atoms with van der Waals surface area (Å²) in [4.78, 5) is 18.2. The summed E-state index contributed by atoms with van der Waals surface area (Å²) < 4.78 is 16.8. The van der Waals surface area contributed by atoms with E-state index in [1.165, 1.54) is 0 Å². The molecule has 0 N–H and O–H groups in total. The lowest BCUT2D eigenvalue weighted by molar-refractivity contribution is -0.119. The second-order valence-corrected chi connectivity index (χ2v) is 6.72. The van der Waals surface area contributed by atoms with Gasteiger partial charge in [-0.2, -0.15) is 0 Å². The van der Waals surface area contributed by atoms with Gasteiger partial charge in [0.05, 0.1) is 31.6 Å². The first kappa shape index (κ1) is 16.1. The largest absolute Gasteiger partial charge is 0.492 e. The Kier molecular flexibility index (Phi) is 4.17. The van der Waals surface area contributed by atoms with Gasteiger partial charge in [0.2, 0.25) is 5.76 Å². The van der Waals surface area contributed by atoms with E-state index in [0.29, 0.717) is 37.1 Å².